The highest BCUT2D eigenvalue weighted by molar-refractivity contribution is 5.77. The first kappa shape index (κ1) is 8.87. The minimum absolute atomic E-state index is 0.0194. The van der Waals surface area contributed by atoms with Crippen LogP contribution in [0.25, 0.3) is 0 Å². The Morgan fingerprint density at radius 3 is 2.57 bits per heavy atom. The maximum Gasteiger partial charge on any atom is 0.314 e. The Labute approximate surface area is 80.7 Å². The zero-order valence-electron chi connectivity index (χ0n) is 7.43. The number of benzene rings is 1. The molecule has 0 radical (unpaired) electrons. The fraction of sp³-hybridized carbons (Fsp3) is 0.300. The molecule has 0 saturated heterocycles. The smallest absolute Gasteiger partial charge is 0.314 e. The van der Waals surface area contributed by atoms with E-state index in [0.29, 0.717) is 0 Å². The fourth-order valence-electron chi connectivity index (χ4n) is 1.09. The third-order valence-corrected chi connectivity index (χ3v) is 2.08. The number of aromatic hydroxyl groups is 2. The highest BCUT2D eigenvalue weighted by Crippen LogP contribution is 2.33. The summed E-state index contributed by atoms with van der Waals surface area (Å²) in [5, 5.41) is 18.1. The Morgan fingerprint density at radius 2 is 2.00 bits per heavy atom. The van der Waals surface area contributed by atoms with Gasteiger partial charge in [-0.3, -0.25) is 4.79 Å². The standard InChI is InChI=1S/C10H10O4/c11-8-4-3-7(5-9(8)12)14-10(13)6-1-2-6/h3-6,11-12H,1-2H2. The van der Waals surface area contributed by atoms with E-state index in [4.69, 9.17) is 14.9 Å². The van der Waals surface area contributed by atoms with E-state index < -0.39 is 0 Å². The number of carbonyl (C=O) groups is 1. The normalized spacial score (nSPS) is 15.1. The summed E-state index contributed by atoms with van der Waals surface area (Å²) in [5.74, 6) is -0.499. The van der Waals surface area contributed by atoms with Gasteiger partial charge in [0.15, 0.2) is 11.5 Å². The van der Waals surface area contributed by atoms with Crippen LogP contribution in [-0.2, 0) is 4.79 Å². The summed E-state index contributed by atoms with van der Waals surface area (Å²) in [6.07, 6.45) is 1.76. The van der Waals surface area contributed by atoms with Crippen molar-refractivity contribution in [3.63, 3.8) is 0 Å². The van der Waals surface area contributed by atoms with Crippen LogP contribution in [0.2, 0.25) is 0 Å². The highest BCUT2D eigenvalue weighted by Gasteiger charge is 2.31. The van der Waals surface area contributed by atoms with Crippen molar-refractivity contribution in [2.75, 3.05) is 0 Å². The summed E-state index contributed by atoms with van der Waals surface area (Å²) in [6.45, 7) is 0. The van der Waals surface area contributed by atoms with Crippen molar-refractivity contribution >= 4 is 5.97 Å². The van der Waals surface area contributed by atoms with Gasteiger partial charge in [0.2, 0.25) is 0 Å². The monoisotopic (exact) mass is 194 g/mol. The zero-order chi connectivity index (χ0) is 10.1. The molecule has 1 fully saturated rings. The molecule has 0 amide bonds. The minimum atomic E-state index is -0.286. The molecule has 0 bridgehead atoms. The van der Waals surface area contributed by atoms with E-state index in [0.717, 1.165) is 12.8 Å². The molecule has 1 aliphatic carbocycles. The molecule has 0 aliphatic heterocycles. The lowest BCUT2D eigenvalue weighted by Gasteiger charge is -2.04. The maximum atomic E-state index is 11.2. The third kappa shape index (κ3) is 1.79. The second-order valence-electron chi connectivity index (χ2n) is 3.35. The Kier molecular flexibility index (Phi) is 2.04. The van der Waals surface area contributed by atoms with E-state index in [1.807, 2.05) is 0 Å². The summed E-state index contributed by atoms with van der Waals surface area (Å²) < 4.78 is 4.96. The average Bonchev–Trinajstić information content (AvgIpc) is 2.94. The summed E-state index contributed by atoms with van der Waals surface area (Å²) in [7, 11) is 0. The summed E-state index contributed by atoms with van der Waals surface area (Å²) in [6, 6.07) is 3.94. The van der Waals surface area contributed by atoms with Crippen LogP contribution >= 0.6 is 0 Å². The number of phenolic OH excluding ortho intramolecular Hbond substituents is 2. The molecule has 1 aromatic carbocycles. The van der Waals surface area contributed by atoms with Crippen LogP contribution in [0, 0.1) is 5.92 Å². The van der Waals surface area contributed by atoms with E-state index in [2.05, 4.69) is 0 Å². The predicted molar refractivity (Wildman–Crippen MR) is 48.1 cm³/mol. The number of carbonyl (C=O) groups excluding carboxylic acids is 1. The number of rotatable bonds is 2. The van der Waals surface area contributed by atoms with Gasteiger partial charge in [-0.05, 0) is 25.0 Å². The summed E-state index contributed by atoms with van der Waals surface area (Å²) in [4.78, 5) is 11.2. The van der Waals surface area contributed by atoms with E-state index in [-0.39, 0.29) is 29.1 Å². The van der Waals surface area contributed by atoms with E-state index >= 15 is 0 Å². The van der Waals surface area contributed by atoms with Crippen molar-refractivity contribution < 1.29 is 19.7 Å². The molecule has 4 nitrogen and oxygen atoms in total. The Balaban J connectivity index is 2.08. The molecule has 0 unspecified atom stereocenters. The zero-order valence-corrected chi connectivity index (χ0v) is 7.43. The Morgan fingerprint density at radius 1 is 1.29 bits per heavy atom. The lowest BCUT2D eigenvalue weighted by atomic mass is 10.3. The topological polar surface area (TPSA) is 66.8 Å². The maximum absolute atomic E-state index is 11.2. The number of phenols is 2. The van der Waals surface area contributed by atoms with Crippen molar-refractivity contribution in [3.8, 4) is 17.2 Å². The second-order valence-corrected chi connectivity index (χ2v) is 3.35. The minimum Gasteiger partial charge on any atom is -0.504 e. The van der Waals surface area contributed by atoms with Crippen molar-refractivity contribution in [3.05, 3.63) is 18.2 Å². The SMILES string of the molecule is O=C(Oc1ccc(O)c(O)c1)C1CC1. The number of hydrogen-bond acceptors (Lipinski definition) is 4. The first-order chi connectivity index (χ1) is 6.66. The predicted octanol–water partition coefficient (Wildman–Crippen LogP) is 1.41. The van der Waals surface area contributed by atoms with Gasteiger partial charge in [-0.2, -0.15) is 0 Å². The number of esters is 1. The van der Waals surface area contributed by atoms with Gasteiger partial charge in [0.25, 0.3) is 0 Å². The molecule has 4 heteroatoms. The van der Waals surface area contributed by atoms with E-state index in [9.17, 15) is 4.79 Å². The first-order valence-electron chi connectivity index (χ1n) is 4.40. The molecule has 14 heavy (non-hydrogen) atoms. The van der Waals surface area contributed by atoms with Gasteiger partial charge in [-0.25, -0.2) is 0 Å². The first-order valence-corrected chi connectivity index (χ1v) is 4.40. The van der Waals surface area contributed by atoms with Crippen molar-refractivity contribution in [2.45, 2.75) is 12.8 Å². The quantitative estimate of drug-likeness (QED) is 0.424. The van der Waals surface area contributed by atoms with Gasteiger partial charge >= 0.3 is 5.97 Å². The number of hydrogen-bond donors (Lipinski definition) is 2. The summed E-state index contributed by atoms with van der Waals surface area (Å²) >= 11 is 0. The van der Waals surface area contributed by atoms with Crippen LogP contribution in [0.1, 0.15) is 12.8 Å². The van der Waals surface area contributed by atoms with E-state index in [1.165, 1.54) is 18.2 Å². The van der Waals surface area contributed by atoms with E-state index in [1.54, 1.807) is 0 Å². The molecule has 0 atom stereocenters. The van der Waals surface area contributed by atoms with Crippen LogP contribution in [-0.4, -0.2) is 16.2 Å². The van der Waals surface area contributed by atoms with Crippen LogP contribution in [0.4, 0.5) is 0 Å². The largest absolute Gasteiger partial charge is 0.504 e. The van der Waals surface area contributed by atoms with Crippen LogP contribution in [0.5, 0.6) is 17.2 Å². The average molecular weight is 194 g/mol. The van der Waals surface area contributed by atoms with Gasteiger partial charge in [-0.1, -0.05) is 0 Å². The Hall–Kier alpha value is -1.71. The van der Waals surface area contributed by atoms with Crippen LogP contribution in [0.15, 0.2) is 18.2 Å². The van der Waals surface area contributed by atoms with Crippen molar-refractivity contribution in [1.29, 1.82) is 0 Å². The molecule has 1 aliphatic rings. The molecule has 1 aromatic rings. The molecule has 1 saturated carbocycles. The molecule has 2 N–H and O–H groups in total. The summed E-state index contributed by atoms with van der Waals surface area (Å²) in [5.41, 5.74) is 0. The molecule has 0 aromatic heterocycles. The molecular weight excluding hydrogens is 184 g/mol. The van der Waals surface area contributed by atoms with Crippen molar-refractivity contribution in [1.82, 2.24) is 0 Å². The van der Waals surface area contributed by atoms with Crippen molar-refractivity contribution in [2.24, 2.45) is 5.92 Å². The number of ether oxygens (including phenoxy) is 1. The van der Waals surface area contributed by atoms with Gasteiger partial charge in [0, 0.05) is 6.07 Å². The highest BCUT2D eigenvalue weighted by atomic mass is 16.5. The lowest BCUT2D eigenvalue weighted by molar-refractivity contribution is -0.135. The fourth-order valence-corrected chi connectivity index (χ4v) is 1.09. The molecule has 0 heterocycles. The van der Waals surface area contributed by atoms with Gasteiger partial charge in [-0.15, -0.1) is 0 Å². The Bertz CT molecular complexity index is 368. The van der Waals surface area contributed by atoms with Crippen LogP contribution in [0.3, 0.4) is 0 Å². The second kappa shape index (κ2) is 3.21. The molecule has 74 valence electrons. The third-order valence-electron chi connectivity index (χ3n) is 2.08. The van der Waals surface area contributed by atoms with Gasteiger partial charge < -0.3 is 14.9 Å². The van der Waals surface area contributed by atoms with Gasteiger partial charge in [0.05, 0.1) is 5.92 Å². The molecular formula is C10H10O4. The van der Waals surface area contributed by atoms with Gasteiger partial charge in [0.1, 0.15) is 5.75 Å². The molecule has 0 spiro atoms. The lowest BCUT2D eigenvalue weighted by Crippen LogP contribution is -2.09. The van der Waals surface area contributed by atoms with Crippen LogP contribution < -0.4 is 4.74 Å². The molecule has 2 rings (SSSR count).